The van der Waals surface area contributed by atoms with Crippen molar-refractivity contribution in [3.63, 3.8) is 0 Å². The van der Waals surface area contributed by atoms with Crippen LogP contribution in [0.15, 0.2) is 0 Å². The molecule has 0 bridgehead atoms. The van der Waals surface area contributed by atoms with Crippen LogP contribution in [0.4, 0.5) is 0 Å². The lowest BCUT2D eigenvalue weighted by molar-refractivity contribution is -0.121. The van der Waals surface area contributed by atoms with E-state index in [4.69, 9.17) is 4.74 Å². The highest BCUT2D eigenvalue weighted by Gasteiger charge is 2.02. The van der Waals surface area contributed by atoms with E-state index in [0.29, 0.717) is 18.9 Å². The smallest absolute Gasteiger partial charge is 0.220 e. The number of methoxy groups -OCH3 is 1. The van der Waals surface area contributed by atoms with E-state index in [1.165, 1.54) is 0 Å². The fourth-order valence-electron chi connectivity index (χ4n) is 0.887. The molecule has 0 radical (unpaired) electrons. The largest absolute Gasteiger partial charge is 0.385 e. The predicted molar refractivity (Wildman–Crippen MR) is 49.0 cm³/mol. The first-order chi connectivity index (χ1) is 5.66. The Morgan fingerprint density at radius 1 is 1.50 bits per heavy atom. The quantitative estimate of drug-likeness (QED) is 0.613. The van der Waals surface area contributed by atoms with E-state index in [9.17, 15) is 4.79 Å². The maximum atomic E-state index is 11.1. The molecule has 1 N–H and O–H groups in total. The number of carbonyl (C=O) groups is 1. The molecule has 72 valence electrons. The van der Waals surface area contributed by atoms with Gasteiger partial charge in [0.2, 0.25) is 5.91 Å². The summed E-state index contributed by atoms with van der Waals surface area (Å²) >= 11 is 0. The Kier molecular flexibility index (Phi) is 6.76. The number of ether oxygens (including phenoxy) is 1. The standard InChI is InChI=1S/C9H19NO2/c1-8(2)7-9(11)10-5-4-6-12-3/h8H,4-7H2,1-3H3,(H,10,11). The number of hydrogen-bond donors (Lipinski definition) is 1. The fraction of sp³-hybridized carbons (Fsp3) is 0.889. The van der Waals surface area contributed by atoms with Crippen LogP contribution in [0, 0.1) is 5.92 Å². The van der Waals surface area contributed by atoms with Crippen LogP contribution < -0.4 is 5.32 Å². The van der Waals surface area contributed by atoms with Crippen LogP contribution in [0.25, 0.3) is 0 Å². The van der Waals surface area contributed by atoms with Gasteiger partial charge in [-0.2, -0.15) is 0 Å². The lowest BCUT2D eigenvalue weighted by Crippen LogP contribution is -2.26. The zero-order valence-corrected chi connectivity index (χ0v) is 8.22. The zero-order valence-electron chi connectivity index (χ0n) is 8.22. The van der Waals surface area contributed by atoms with E-state index >= 15 is 0 Å². The monoisotopic (exact) mass is 173 g/mol. The lowest BCUT2D eigenvalue weighted by atomic mass is 10.1. The van der Waals surface area contributed by atoms with E-state index in [-0.39, 0.29) is 5.91 Å². The molecule has 0 aliphatic rings. The summed E-state index contributed by atoms with van der Waals surface area (Å²) in [6.07, 6.45) is 1.51. The van der Waals surface area contributed by atoms with E-state index < -0.39 is 0 Å². The SMILES string of the molecule is COCCCNC(=O)CC(C)C. The van der Waals surface area contributed by atoms with Crippen molar-refractivity contribution in [1.29, 1.82) is 0 Å². The Balaban J connectivity index is 3.20. The minimum atomic E-state index is 0.140. The Morgan fingerprint density at radius 2 is 2.17 bits per heavy atom. The molecule has 0 saturated carbocycles. The predicted octanol–water partition coefficient (Wildman–Crippen LogP) is 1.19. The molecule has 0 aliphatic heterocycles. The summed E-state index contributed by atoms with van der Waals surface area (Å²) in [7, 11) is 1.66. The normalized spacial score (nSPS) is 10.3. The van der Waals surface area contributed by atoms with Gasteiger partial charge in [0.25, 0.3) is 0 Å². The summed E-state index contributed by atoms with van der Waals surface area (Å²) in [5.74, 6) is 0.577. The summed E-state index contributed by atoms with van der Waals surface area (Å²) in [6, 6.07) is 0. The molecule has 0 aromatic carbocycles. The first-order valence-electron chi connectivity index (χ1n) is 4.42. The van der Waals surface area contributed by atoms with Gasteiger partial charge in [-0.25, -0.2) is 0 Å². The van der Waals surface area contributed by atoms with Gasteiger partial charge in [0.15, 0.2) is 0 Å². The molecule has 1 amide bonds. The Hall–Kier alpha value is -0.570. The third-order valence-corrected chi connectivity index (χ3v) is 1.44. The molecule has 0 atom stereocenters. The van der Waals surface area contributed by atoms with Gasteiger partial charge in [0.1, 0.15) is 0 Å². The Morgan fingerprint density at radius 3 is 2.67 bits per heavy atom. The highest BCUT2D eigenvalue weighted by molar-refractivity contribution is 5.75. The molecule has 0 aromatic rings. The van der Waals surface area contributed by atoms with Crippen LogP contribution in [-0.4, -0.2) is 26.2 Å². The second-order valence-electron chi connectivity index (χ2n) is 3.29. The summed E-state index contributed by atoms with van der Waals surface area (Å²) in [5.41, 5.74) is 0. The van der Waals surface area contributed by atoms with Gasteiger partial charge in [-0.05, 0) is 12.3 Å². The van der Waals surface area contributed by atoms with Gasteiger partial charge in [0, 0.05) is 26.7 Å². The van der Waals surface area contributed by atoms with Crippen LogP contribution in [0.1, 0.15) is 26.7 Å². The number of hydrogen-bond acceptors (Lipinski definition) is 2. The summed E-state index contributed by atoms with van der Waals surface area (Å²) < 4.78 is 4.85. The van der Waals surface area contributed by atoms with Crippen LogP contribution in [0.3, 0.4) is 0 Å². The van der Waals surface area contributed by atoms with Gasteiger partial charge in [-0.15, -0.1) is 0 Å². The van der Waals surface area contributed by atoms with Crippen molar-refractivity contribution in [1.82, 2.24) is 5.32 Å². The molecule has 0 rings (SSSR count). The molecule has 12 heavy (non-hydrogen) atoms. The highest BCUT2D eigenvalue weighted by Crippen LogP contribution is 1.97. The Labute approximate surface area is 74.5 Å². The third-order valence-electron chi connectivity index (χ3n) is 1.44. The summed E-state index contributed by atoms with van der Waals surface area (Å²) in [6.45, 7) is 5.50. The third kappa shape index (κ3) is 7.54. The fourth-order valence-corrected chi connectivity index (χ4v) is 0.887. The number of carbonyl (C=O) groups excluding carboxylic acids is 1. The Bertz CT molecular complexity index is 124. The second-order valence-corrected chi connectivity index (χ2v) is 3.29. The van der Waals surface area contributed by atoms with Crippen molar-refractivity contribution in [3.05, 3.63) is 0 Å². The van der Waals surface area contributed by atoms with Crippen LogP contribution in [0.5, 0.6) is 0 Å². The van der Waals surface area contributed by atoms with Gasteiger partial charge in [-0.1, -0.05) is 13.8 Å². The van der Waals surface area contributed by atoms with Crippen molar-refractivity contribution in [2.75, 3.05) is 20.3 Å². The van der Waals surface area contributed by atoms with Crippen molar-refractivity contribution in [3.8, 4) is 0 Å². The first-order valence-corrected chi connectivity index (χ1v) is 4.42. The minimum absolute atomic E-state index is 0.140. The second kappa shape index (κ2) is 7.10. The van der Waals surface area contributed by atoms with E-state index in [1.54, 1.807) is 7.11 Å². The van der Waals surface area contributed by atoms with Crippen molar-refractivity contribution in [2.24, 2.45) is 5.92 Å². The number of nitrogens with one attached hydrogen (secondary N) is 1. The highest BCUT2D eigenvalue weighted by atomic mass is 16.5. The molecular weight excluding hydrogens is 154 g/mol. The van der Waals surface area contributed by atoms with Gasteiger partial charge in [-0.3, -0.25) is 4.79 Å². The van der Waals surface area contributed by atoms with E-state index in [0.717, 1.165) is 13.0 Å². The van der Waals surface area contributed by atoms with Crippen molar-refractivity contribution >= 4 is 5.91 Å². The molecule has 0 heterocycles. The van der Waals surface area contributed by atoms with Crippen LogP contribution >= 0.6 is 0 Å². The van der Waals surface area contributed by atoms with Gasteiger partial charge < -0.3 is 10.1 Å². The van der Waals surface area contributed by atoms with Gasteiger partial charge >= 0.3 is 0 Å². The van der Waals surface area contributed by atoms with Crippen LogP contribution in [-0.2, 0) is 9.53 Å². The van der Waals surface area contributed by atoms with Gasteiger partial charge in [0.05, 0.1) is 0 Å². The van der Waals surface area contributed by atoms with E-state index in [2.05, 4.69) is 5.32 Å². The molecule has 0 aliphatic carbocycles. The maximum Gasteiger partial charge on any atom is 0.220 e. The summed E-state index contributed by atoms with van der Waals surface area (Å²) in [4.78, 5) is 11.1. The molecule has 0 unspecified atom stereocenters. The maximum absolute atomic E-state index is 11.1. The molecule has 3 heteroatoms. The zero-order chi connectivity index (χ0) is 9.40. The molecule has 0 spiro atoms. The van der Waals surface area contributed by atoms with Crippen LogP contribution in [0.2, 0.25) is 0 Å². The molecule has 0 fully saturated rings. The first kappa shape index (κ1) is 11.4. The van der Waals surface area contributed by atoms with Crippen molar-refractivity contribution < 1.29 is 9.53 Å². The molecule has 3 nitrogen and oxygen atoms in total. The topological polar surface area (TPSA) is 38.3 Å². The van der Waals surface area contributed by atoms with E-state index in [1.807, 2.05) is 13.8 Å². The lowest BCUT2D eigenvalue weighted by Gasteiger charge is -2.06. The average molecular weight is 173 g/mol. The number of amides is 1. The summed E-state index contributed by atoms with van der Waals surface area (Å²) in [5, 5.41) is 2.83. The minimum Gasteiger partial charge on any atom is -0.385 e. The average Bonchev–Trinajstić information content (AvgIpc) is 1.97. The molecule has 0 aromatic heterocycles. The molecule has 0 saturated heterocycles. The van der Waals surface area contributed by atoms with Crippen molar-refractivity contribution in [2.45, 2.75) is 26.7 Å². The number of rotatable bonds is 6. The molecular formula is C9H19NO2.